The molecule has 0 spiro atoms. The van der Waals surface area contributed by atoms with Gasteiger partial charge in [0.15, 0.2) is 0 Å². The summed E-state index contributed by atoms with van der Waals surface area (Å²) in [6, 6.07) is 7.52. The van der Waals surface area contributed by atoms with Gasteiger partial charge in [0.25, 0.3) is 15.9 Å². The van der Waals surface area contributed by atoms with Crippen LogP contribution in [0.2, 0.25) is 5.02 Å². The molecule has 0 saturated carbocycles. The molecule has 0 aliphatic carbocycles. The van der Waals surface area contributed by atoms with E-state index < -0.39 is 39.2 Å². The molecular weight excluding hydrogens is 433 g/mol. The van der Waals surface area contributed by atoms with Gasteiger partial charge in [0.1, 0.15) is 11.9 Å². The van der Waals surface area contributed by atoms with E-state index in [1.807, 2.05) is 0 Å². The van der Waals surface area contributed by atoms with Crippen LogP contribution in [0, 0.1) is 5.82 Å². The Labute approximate surface area is 180 Å². The zero-order valence-corrected chi connectivity index (χ0v) is 18.5. The lowest BCUT2D eigenvalue weighted by molar-refractivity contribution is -0.124. The first-order valence-electron chi connectivity index (χ1n) is 8.99. The second-order valence-corrected chi connectivity index (χ2v) is 9.78. The maximum absolute atomic E-state index is 13.0. The van der Waals surface area contributed by atoms with Crippen molar-refractivity contribution in [1.29, 1.82) is 0 Å². The van der Waals surface area contributed by atoms with Crippen molar-refractivity contribution in [2.75, 3.05) is 4.72 Å². The summed E-state index contributed by atoms with van der Waals surface area (Å²) < 4.78 is 40.5. The summed E-state index contributed by atoms with van der Waals surface area (Å²) >= 11 is 6.07. The lowest BCUT2D eigenvalue weighted by Gasteiger charge is -2.23. The van der Waals surface area contributed by atoms with E-state index in [0.29, 0.717) is 0 Å². The van der Waals surface area contributed by atoms with Crippen molar-refractivity contribution in [2.45, 2.75) is 44.2 Å². The highest BCUT2D eigenvalue weighted by molar-refractivity contribution is 7.92. The number of benzene rings is 2. The predicted octanol–water partition coefficient (Wildman–Crippen LogP) is 3.31. The Balaban J connectivity index is 2.22. The summed E-state index contributed by atoms with van der Waals surface area (Å²) in [4.78, 5) is 24.5. The molecule has 0 aliphatic rings. The summed E-state index contributed by atoms with van der Waals surface area (Å²) in [7, 11) is -4.06. The van der Waals surface area contributed by atoms with Gasteiger partial charge in [0.2, 0.25) is 5.91 Å². The lowest BCUT2D eigenvalue weighted by Crippen LogP contribution is -2.50. The van der Waals surface area contributed by atoms with Gasteiger partial charge in [-0.1, -0.05) is 11.6 Å². The van der Waals surface area contributed by atoms with Gasteiger partial charge in [-0.15, -0.1) is 0 Å². The molecule has 0 radical (unpaired) electrons. The summed E-state index contributed by atoms with van der Waals surface area (Å²) in [5, 5.41) is 5.26. The molecule has 0 heterocycles. The zero-order chi connectivity index (χ0) is 22.7. The van der Waals surface area contributed by atoms with Crippen LogP contribution in [0.4, 0.5) is 10.1 Å². The molecule has 30 heavy (non-hydrogen) atoms. The van der Waals surface area contributed by atoms with Crippen molar-refractivity contribution in [3.8, 4) is 0 Å². The normalized spacial score (nSPS) is 12.7. The topological polar surface area (TPSA) is 104 Å². The molecule has 3 N–H and O–H groups in total. The van der Waals surface area contributed by atoms with E-state index in [9.17, 15) is 22.4 Å². The first-order valence-corrected chi connectivity index (χ1v) is 10.9. The van der Waals surface area contributed by atoms with Crippen LogP contribution in [0.1, 0.15) is 38.1 Å². The van der Waals surface area contributed by atoms with E-state index >= 15 is 0 Å². The van der Waals surface area contributed by atoms with E-state index in [1.165, 1.54) is 31.2 Å². The molecular formula is C20H23ClFN3O4S. The van der Waals surface area contributed by atoms with Crippen LogP contribution in [-0.2, 0) is 14.8 Å². The molecule has 2 aromatic carbocycles. The maximum Gasteiger partial charge on any atom is 0.261 e. The Morgan fingerprint density at radius 3 is 2.23 bits per heavy atom. The molecule has 2 aromatic rings. The number of carbonyl (C=O) groups excluding carboxylic acids is 2. The second-order valence-electron chi connectivity index (χ2n) is 7.69. The Bertz CT molecular complexity index is 1050. The molecule has 1 atom stereocenters. The third-order valence-electron chi connectivity index (χ3n) is 3.83. The fourth-order valence-electron chi connectivity index (χ4n) is 2.40. The Morgan fingerprint density at radius 2 is 1.67 bits per heavy atom. The van der Waals surface area contributed by atoms with E-state index in [4.69, 9.17) is 11.6 Å². The Kier molecular flexibility index (Phi) is 7.10. The third kappa shape index (κ3) is 6.43. The quantitative estimate of drug-likeness (QED) is 0.621. The first-order chi connectivity index (χ1) is 13.8. The van der Waals surface area contributed by atoms with Gasteiger partial charge in [0.05, 0.1) is 15.5 Å². The van der Waals surface area contributed by atoms with Crippen molar-refractivity contribution < 1.29 is 22.4 Å². The van der Waals surface area contributed by atoms with Crippen LogP contribution in [0.5, 0.6) is 0 Å². The number of hydrogen-bond donors (Lipinski definition) is 3. The van der Waals surface area contributed by atoms with E-state index in [-0.39, 0.29) is 21.2 Å². The molecule has 2 amide bonds. The van der Waals surface area contributed by atoms with Crippen molar-refractivity contribution in [3.63, 3.8) is 0 Å². The largest absolute Gasteiger partial charge is 0.350 e. The van der Waals surface area contributed by atoms with Crippen LogP contribution < -0.4 is 15.4 Å². The SMILES string of the molecule is CC(NC(=O)c1cc(S(=O)(=O)Nc2ccc(F)cc2)ccc1Cl)C(=O)NC(C)(C)C. The van der Waals surface area contributed by atoms with Crippen molar-refractivity contribution in [3.05, 3.63) is 58.9 Å². The molecule has 2 rings (SSSR count). The summed E-state index contributed by atoms with van der Waals surface area (Å²) in [6.45, 7) is 6.92. The van der Waals surface area contributed by atoms with Crippen LogP contribution in [0.15, 0.2) is 47.4 Å². The smallest absolute Gasteiger partial charge is 0.261 e. The maximum atomic E-state index is 13.0. The molecule has 10 heteroatoms. The number of hydrogen-bond acceptors (Lipinski definition) is 4. The minimum absolute atomic E-state index is 0.0247. The molecule has 0 aromatic heterocycles. The van der Waals surface area contributed by atoms with Crippen LogP contribution in [0.25, 0.3) is 0 Å². The molecule has 7 nitrogen and oxygen atoms in total. The van der Waals surface area contributed by atoms with Gasteiger partial charge in [0, 0.05) is 11.2 Å². The van der Waals surface area contributed by atoms with Gasteiger partial charge >= 0.3 is 0 Å². The molecule has 0 bridgehead atoms. The number of nitrogens with one attached hydrogen (secondary N) is 3. The van der Waals surface area contributed by atoms with Crippen LogP contribution >= 0.6 is 11.6 Å². The van der Waals surface area contributed by atoms with Crippen molar-refractivity contribution in [2.24, 2.45) is 0 Å². The lowest BCUT2D eigenvalue weighted by atomic mass is 10.1. The van der Waals surface area contributed by atoms with Gasteiger partial charge in [-0.25, -0.2) is 12.8 Å². The van der Waals surface area contributed by atoms with E-state index in [0.717, 1.165) is 18.2 Å². The molecule has 0 saturated heterocycles. The minimum Gasteiger partial charge on any atom is -0.350 e. The summed E-state index contributed by atoms with van der Waals surface area (Å²) in [6.07, 6.45) is 0. The number of halogens is 2. The highest BCUT2D eigenvalue weighted by Gasteiger charge is 2.24. The molecule has 1 unspecified atom stereocenters. The molecule has 162 valence electrons. The number of anilines is 1. The Morgan fingerprint density at radius 1 is 1.07 bits per heavy atom. The summed E-state index contributed by atoms with van der Waals surface area (Å²) in [5.41, 5.74) is -0.424. The number of rotatable bonds is 6. The highest BCUT2D eigenvalue weighted by Crippen LogP contribution is 2.23. The highest BCUT2D eigenvalue weighted by atomic mass is 35.5. The predicted molar refractivity (Wildman–Crippen MR) is 113 cm³/mol. The number of sulfonamides is 1. The average molecular weight is 456 g/mol. The van der Waals surface area contributed by atoms with Crippen molar-refractivity contribution >= 4 is 39.1 Å². The van der Waals surface area contributed by atoms with Crippen LogP contribution in [0.3, 0.4) is 0 Å². The van der Waals surface area contributed by atoms with E-state index in [2.05, 4.69) is 15.4 Å². The fourth-order valence-corrected chi connectivity index (χ4v) is 3.68. The first kappa shape index (κ1) is 23.6. The fraction of sp³-hybridized carbons (Fsp3) is 0.300. The Hall–Kier alpha value is -2.65. The zero-order valence-electron chi connectivity index (χ0n) is 16.9. The van der Waals surface area contributed by atoms with E-state index in [1.54, 1.807) is 20.8 Å². The van der Waals surface area contributed by atoms with Gasteiger partial charge in [-0.2, -0.15) is 0 Å². The average Bonchev–Trinajstić information content (AvgIpc) is 2.62. The van der Waals surface area contributed by atoms with Gasteiger partial charge in [-0.3, -0.25) is 14.3 Å². The summed E-state index contributed by atoms with van der Waals surface area (Å²) in [5.74, 6) is -1.60. The number of carbonyl (C=O) groups is 2. The molecule has 0 aliphatic heterocycles. The minimum atomic E-state index is -4.06. The second kappa shape index (κ2) is 9.01. The van der Waals surface area contributed by atoms with Gasteiger partial charge in [-0.05, 0) is 70.2 Å². The standard InChI is InChI=1S/C20H23ClFN3O4S/c1-12(18(26)24-20(2,3)4)23-19(27)16-11-15(9-10-17(16)21)30(28,29)25-14-7-5-13(22)6-8-14/h5-12,25H,1-4H3,(H,23,27)(H,24,26). The molecule has 0 fully saturated rings. The third-order valence-corrected chi connectivity index (χ3v) is 5.54. The van der Waals surface area contributed by atoms with Crippen LogP contribution in [-0.4, -0.2) is 31.8 Å². The monoisotopic (exact) mass is 455 g/mol. The van der Waals surface area contributed by atoms with Gasteiger partial charge < -0.3 is 10.6 Å². The van der Waals surface area contributed by atoms with Crippen molar-refractivity contribution in [1.82, 2.24) is 10.6 Å². The number of amides is 2.